The molecule has 1 amide bonds. The number of benzene rings is 1. The van der Waals surface area contributed by atoms with Gasteiger partial charge in [-0.25, -0.2) is 0 Å². The summed E-state index contributed by atoms with van der Waals surface area (Å²) in [5, 5.41) is 6.58. The number of hydrogen-bond donors (Lipinski definition) is 2. The molecule has 0 aromatic heterocycles. The number of hydrogen-bond acceptors (Lipinski definition) is 2. The van der Waals surface area contributed by atoms with Gasteiger partial charge in [0.1, 0.15) is 0 Å². The zero-order chi connectivity index (χ0) is 13.8. The first kappa shape index (κ1) is 13.6. The maximum Gasteiger partial charge on any atom is 0.220 e. The van der Waals surface area contributed by atoms with Crippen LogP contribution in [0.3, 0.4) is 0 Å². The van der Waals surface area contributed by atoms with Crippen molar-refractivity contribution in [3.05, 3.63) is 34.9 Å². The lowest BCUT2D eigenvalue weighted by atomic mass is 9.93. The molecule has 1 aliphatic carbocycles. The van der Waals surface area contributed by atoms with Gasteiger partial charge in [-0.1, -0.05) is 31.0 Å². The molecule has 108 valence electrons. The predicted molar refractivity (Wildman–Crippen MR) is 80.6 cm³/mol. The summed E-state index contributed by atoms with van der Waals surface area (Å²) in [6, 6.07) is 6.95. The van der Waals surface area contributed by atoms with Gasteiger partial charge in [0.05, 0.1) is 0 Å². The molecule has 3 heteroatoms. The summed E-state index contributed by atoms with van der Waals surface area (Å²) in [7, 11) is 0. The van der Waals surface area contributed by atoms with Gasteiger partial charge in [0, 0.05) is 19.0 Å². The molecule has 0 bridgehead atoms. The standard InChI is InChI=1S/C17H24N2O/c20-17(19-15-6-1-2-7-15)9-8-13-4-3-5-14-12-18-11-10-16(13)14/h3-5,15,18H,1-2,6-12H2,(H,19,20). The quantitative estimate of drug-likeness (QED) is 0.883. The molecule has 0 spiro atoms. The molecule has 1 aromatic carbocycles. The molecule has 20 heavy (non-hydrogen) atoms. The Morgan fingerprint density at radius 2 is 2.15 bits per heavy atom. The molecule has 2 N–H and O–H groups in total. The molecule has 1 saturated carbocycles. The lowest BCUT2D eigenvalue weighted by Gasteiger charge is -2.20. The van der Waals surface area contributed by atoms with Crippen molar-refractivity contribution in [2.24, 2.45) is 0 Å². The Morgan fingerprint density at radius 3 is 3.00 bits per heavy atom. The van der Waals surface area contributed by atoms with Crippen molar-refractivity contribution in [2.75, 3.05) is 6.54 Å². The Morgan fingerprint density at radius 1 is 1.30 bits per heavy atom. The monoisotopic (exact) mass is 272 g/mol. The third-order valence-corrected chi connectivity index (χ3v) is 4.58. The Labute approximate surface area is 121 Å². The van der Waals surface area contributed by atoms with Crippen molar-refractivity contribution < 1.29 is 4.79 Å². The van der Waals surface area contributed by atoms with Crippen LogP contribution in [-0.2, 0) is 24.2 Å². The number of fused-ring (bicyclic) bond motifs is 1. The van der Waals surface area contributed by atoms with Gasteiger partial charge in [0.2, 0.25) is 5.91 Å². The Kier molecular flexibility index (Phi) is 4.36. The maximum atomic E-state index is 12.0. The Bertz CT molecular complexity index is 478. The summed E-state index contributed by atoms with van der Waals surface area (Å²) < 4.78 is 0. The summed E-state index contributed by atoms with van der Waals surface area (Å²) in [6.45, 7) is 2.02. The van der Waals surface area contributed by atoms with Gasteiger partial charge < -0.3 is 10.6 Å². The fourth-order valence-corrected chi connectivity index (χ4v) is 3.46. The van der Waals surface area contributed by atoms with Gasteiger partial charge in [0.25, 0.3) is 0 Å². The van der Waals surface area contributed by atoms with Crippen LogP contribution in [0.15, 0.2) is 18.2 Å². The van der Waals surface area contributed by atoms with Crippen molar-refractivity contribution in [1.82, 2.24) is 10.6 Å². The predicted octanol–water partition coefficient (Wildman–Crippen LogP) is 2.32. The lowest BCUT2D eigenvalue weighted by molar-refractivity contribution is -0.121. The van der Waals surface area contributed by atoms with Crippen LogP contribution in [-0.4, -0.2) is 18.5 Å². The van der Waals surface area contributed by atoms with Crippen molar-refractivity contribution >= 4 is 5.91 Å². The number of amides is 1. The molecule has 0 radical (unpaired) electrons. The molecular weight excluding hydrogens is 248 g/mol. The summed E-state index contributed by atoms with van der Waals surface area (Å²) in [4.78, 5) is 12.0. The Balaban J connectivity index is 1.56. The van der Waals surface area contributed by atoms with Gasteiger partial charge in [-0.3, -0.25) is 4.79 Å². The number of nitrogens with one attached hydrogen (secondary N) is 2. The minimum Gasteiger partial charge on any atom is -0.353 e. The molecule has 0 unspecified atom stereocenters. The second-order valence-corrected chi connectivity index (χ2v) is 6.03. The fourth-order valence-electron chi connectivity index (χ4n) is 3.46. The van der Waals surface area contributed by atoms with E-state index in [2.05, 4.69) is 28.8 Å². The smallest absolute Gasteiger partial charge is 0.220 e. The van der Waals surface area contributed by atoms with E-state index >= 15 is 0 Å². The average molecular weight is 272 g/mol. The lowest BCUT2D eigenvalue weighted by Crippen LogP contribution is -2.32. The van der Waals surface area contributed by atoms with Gasteiger partial charge in [-0.05, 0) is 48.9 Å². The first-order valence-electron chi connectivity index (χ1n) is 7.92. The third kappa shape index (κ3) is 3.21. The van der Waals surface area contributed by atoms with E-state index in [0.717, 1.165) is 38.8 Å². The minimum absolute atomic E-state index is 0.225. The average Bonchev–Trinajstić information content (AvgIpc) is 2.98. The normalized spacial score (nSPS) is 18.8. The van der Waals surface area contributed by atoms with Gasteiger partial charge in [-0.2, -0.15) is 0 Å². The maximum absolute atomic E-state index is 12.0. The van der Waals surface area contributed by atoms with Crippen molar-refractivity contribution in [3.8, 4) is 0 Å². The third-order valence-electron chi connectivity index (χ3n) is 4.58. The van der Waals surface area contributed by atoms with Crippen LogP contribution in [0, 0.1) is 0 Å². The fraction of sp³-hybridized carbons (Fsp3) is 0.588. The zero-order valence-electron chi connectivity index (χ0n) is 12.1. The first-order chi connectivity index (χ1) is 9.83. The van der Waals surface area contributed by atoms with Crippen molar-refractivity contribution in [3.63, 3.8) is 0 Å². The van der Waals surface area contributed by atoms with E-state index in [0.29, 0.717) is 12.5 Å². The second kappa shape index (κ2) is 6.40. The molecule has 1 fully saturated rings. The van der Waals surface area contributed by atoms with Crippen molar-refractivity contribution in [1.29, 1.82) is 0 Å². The highest BCUT2D eigenvalue weighted by Gasteiger charge is 2.17. The van der Waals surface area contributed by atoms with E-state index in [1.54, 1.807) is 0 Å². The van der Waals surface area contributed by atoms with Gasteiger partial charge >= 0.3 is 0 Å². The van der Waals surface area contributed by atoms with E-state index in [9.17, 15) is 4.79 Å². The van der Waals surface area contributed by atoms with Crippen LogP contribution >= 0.6 is 0 Å². The summed E-state index contributed by atoms with van der Waals surface area (Å²) in [5.41, 5.74) is 4.25. The van der Waals surface area contributed by atoms with E-state index in [1.807, 2.05) is 0 Å². The highest BCUT2D eigenvalue weighted by Crippen LogP contribution is 2.21. The van der Waals surface area contributed by atoms with Crippen LogP contribution in [0.25, 0.3) is 0 Å². The molecule has 1 aromatic rings. The Hall–Kier alpha value is -1.35. The van der Waals surface area contributed by atoms with E-state index < -0.39 is 0 Å². The molecule has 0 saturated heterocycles. The van der Waals surface area contributed by atoms with Crippen LogP contribution in [0.5, 0.6) is 0 Å². The van der Waals surface area contributed by atoms with E-state index in [1.165, 1.54) is 29.5 Å². The number of rotatable bonds is 4. The van der Waals surface area contributed by atoms with Crippen LogP contribution in [0.2, 0.25) is 0 Å². The first-order valence-corrected chi connectivity index (χ1v) is 7.92. The molecule has 3 rings (SSSR count). The van der Waals surface area contributed by atoms with Gasteiger partial charge in [-0.15, -0.1) is 0 Å². The van der Waals surface area contributed by atoms with Crippen LogP contribution in [0.4, 0.5) is 0 Å². The molecule has 1 heterocycles. The summed E-state index contributed by atoms with van der Waals surface area (Å²) in [6.07, 6.45) is 7.46. The van der Waals surface area contributed by atoms with Gasteiger partial charge in [0.15, 0.2) is 0 Å². The van der Waals surface area contributed by atoms with E-state index in [-0.39, 0.29) is 5.91 Å². The largest absolute Gasteiger partial charge is 0.353 e. The highest BCUT2D eigenvalue weighted by atomic mass is 16.1. The number of aryl methyl sites for hydroxylation is 1. The molecule has 3 nitrogen and oxygen atoms in total. The molecule has 1 aliphatic heterocycles. The van der Waals surface area contributed by atoms with Crippen molar-refractivity contribution in [2.45, 2.75) is 57.5 Å². The summed E-state index contributed by atoms with van der Waals surface area (Å²) >= 11 is 0. The molecule has 2 aliphatic rings. The van der Waals surface area contributed by atoms with E-state index in [4.69, 9.17) is 0 Å². The molecule has 0 atom stereocenters. The SMILES string of the molecule is O=C(CCc1cccc2c1CCNC2)NC1CCCC1. The van der Waals surface area contributed by atoms with Crippen LogP contribution in [0.1, 0.15) is 48.8 Å². The highest BCUT2D eigenvalue weighted by molar-refractivity contribution is 5.76. The summed E-state index contributed by atoms with van der Waals surface area (Å²) in [5.74, 6) is 0.225. The zero-order valence-corrected chi connectivity index (χ0v) is 12.1. The molecular formula is C17H24N2O. The van der Waals surface area contributed by atoms with Crippen LogP contribution < -0.4 is 10.6 Å². The minimum atomic E-state index is 0.225. The number of carbonyl (C=O) groups excluding carboxylic acids is 1. The topological polar surface area (TPSA) is 41.1 Å². The number of carbonyl (C=O) groups is 1. The second-order valence-electron chi connectivity index (χ2n) is 6.03.